The Labute approximate surface area is 193 Å². The number of carboxylic acid groups (broad SMARTS) is 3. The van der Waals surface area contributed by atoms with Gasteiger partial charge in [-0.05, 0) is 80.9 Å². The van der Waals surface area contributed by atoms with E-state index in [1.807, 2.05) is 24.3 Å². The molecule has 2 aliphatic rings. The van der Waals surface area contributed by atoms with Gasteiger partial charge < -0.3 is 15.3 Å². The van der Waals surface area contributed by atoms with Crippen LogP contribution in [0.3, 0.4) is 0 Å². The Morgan fingerprint density at radius 2 is 0.824 bits per heavy atom. The van der Waals surface area contributed by atoms with Crippen molar-refractivity contribution in [3.63, 3.8) is 0 Å². The SMILES string of the molecule is O=C(O)c1ccc2c(c1)C1(c3ccccc3-2)c2cc(C(=O)O)ccc2-c2ccc(C(=O)O)cc21. The first-order valence-corrected chi connectivity index (χ1v) is 10.6. The molecule has 164 valence electrons. The highest BCUT2D eigenvalue weighted by molar-refractivity contribution is 6.00. The van der Waals surface area contributed by atoms with Crippen LogP contribution in [-0.4, -0.2) is 33.2 Å². The average molecular weight is 448 g/mol. The van der Waals surface area contributed by atoms with E-state index in [1.165, 1.54) is 12.1 Å². The van der Waals surface area contributed by atoms with Crippen LogP contribution in [0.4, 0.5) is 0 Å². The fraction of sp³-hybridized carbons (Fsp3) is 0.0357. The number of carboxylic acids is 3. The second kappa shape index (κ2) is 6.65. The van der Waals surface area contributed by atoms with Crippen LogP contribution in [0, 0.1) is 0 Å². The number of rotatable bonds is 3. The van der Waals surface area contributed by atoms with Crippen molar-refractivity contribution in [1.29, 1.82) is 0 Å². The maximum absolute atomic E-state index is 11.9. The highest BCUT2D eigenvalue weighted by atomic mass is 16.4. The van der Waals surface area contributed by atoms with Crippen molar-refractivity contribution in [2.45, 2.75) is 5.41 Å². The van der Waals surface area contributed by atoms with E-state index in [-0.39, 0.29) is 16.7 Å². The molecule has 0 saturated carbocycles. The number of hydrogen-bond donors (Lipinski definition) is 3. The van der Waals surface area contributed by atoms with Gasteiger partial charge in [0.1, 0.15) is 0 Å². The molecule has 0 bridgehead atoms. The molecule has 4 aromatic rings. The van der Waals surface area contributed by atoms with Gasteiger partial charge in [-0.3, -0.25) is 0 Å². The Bertz CT molecular complexity index is 1490. The summed E-state index contributed by atoms with van der Waals surface area (Å²) in [6.45, 7) is 0. The van der Waals surface area contributed by atoms with E-state index in [0.29, 0.717) is 16.7 Å². The van der Waals surface area contributed by atoms with Crippen molar-refractivity contribution in [2.75, 3.05) is 0 Å². The minimum Gasteiger partial charge on any atom is -0.478 e. The predicted molar refractivity (Wildman–Crippen MR) is 124 cm³/mol. The van der Waals surface area contributed by atoms with E-state index >= 15 is 0 Å². The summed E-state index contributed by atoms with van der Waals surface area (Å²) in [6, 6.07) is 22.4. The molecule has 0 atom stereocenters. The lowest BCUT2D eigenvalue weighted by Crippen LogP contribution is -2.27. The molecule has 0 amide bonds. The van der Waals surface area contributed by atoms with Gasteiger partial charge in [0.2, 0.25) is 0 Å². The second-order valence-electron chi connectivity index (χ2n) is 8.49. The Morgan fingerprint density at radius 3 is 1.21 bits per heavy atom. The smallest absolute Gasteiger partial charge is 0.335 e. The predicted octanol–water partition coefficient (Wildman–Crippen LogP) is 5.12. The number of aromatic carboxylic acids is 3. The molecule has 0 fully saturated rings. The third-order valence-electron chi connectivity index (χ3n) is 6.92. The summed E-state index contributed by atoms with van der Waals surface area (Å²) < 4.78 is 0. The molecule has 4 aromatic carbocycles. The number of carbonyl (C=O) groups is 3. The molecule has 6 heteroatoms. The standard InChI is InChI=1S/C28H16O6/c29-25(30)14-5-8-18-17-3-1-2-4-21(17)28(22(18)11-14)23-12-15(26(31)32)6-9-19(23)20-10-7-16(27(33)34)13-24(20)28/h1-13H,(H,29,30)(H,31,32)(H,33,34). The first-order chi connectivity index (χ1) is 16.3. The third-order valence-corrected chi connectivity index (χ3v) is 6.92. The van der Waals surface area contributed by atoms with E-state index in [0.717, 1.165) is 27.8 Å². The molecule has 0 aromatic heterocycles. The minimum absolute atomic E-state index is 0.102. The summed E-state index contributed by atoms with van der Waals surface area (Å²) >= 11 is 0. The molecule has 0 radical (unpaired) electrons. The molecular formula is C28H16O6. The molecule has 0 unspecified atom stereocenters. The van der Waals surface area contributed by atoms with Crippen LogP contribution in [0.2, 0.25) is 0 Å². The van der Waals surface area contributed by atoms with Crippen LogP contribution in [-0.2, 0) is 5.41 Å². The quantitative estimate of drug-likeness (QED) is 0.346. The van der Waals surface area contributed by atoms with Gasteiger partial charge in [-0.15, -0.1) is 0 Å². The molecule has 0 aliphatic heterocycles. The Morgan fingerprint density at radius 1 is 0.471 bits per heavy atom. The van der Waals surface area contributed by atoms with Gasteiger partial charge in [0, 0.05) is 0 Å². The maximum atomic E-state index is 11.9. The zero-order valence-corrected chi connectivity index (χ0v) is 17.6. The summed E-state index contributed by atoms with van der Waals surface area (Å²) in [6.07, 6.45) is 0. The topological polar surface area (TPSA) is 112 Å². The van der Waals surface area contributed by atoms with Crippen molar-refractivity contribution >= 4 is 17.9 Å². The summed E-state index contributed by atoms with van der Waals surface area (Å²) in [5.74, 6) is -3.23. The van der Waals surface area contributed by atoms with Crippen LogP contribution >= 0.6 is 0 Å². The normalized spacial score (nSPS) is 13.6. The Balaban J connectivity index is 1.83. The zero-order chi connectivity index (χ0) is 23.8. The van der Waals surface area contributed by atoms with Crippen molar-refractivity contribution in [1.82, 2.24) is 0 Å². The first kappa shape index (κ1) is 19.9. The van der Waals surface area contributed by atoms with Crippen molar-refractivity contribution in [3.8, 4) is 22.3 Å². The maximum Gasteiger partial charge on any atom is 0.335 e. The monoisotopic (exact) mass is 448 g/mol. The van der Waals surface area contributed by atoms with Crippen molar-refractivity contribution in [3.05, 3.63) is 118 Å². The van der Waals surface area contributed by atoms with Gasteiger partial charge >= 0.3 is 17.9 Å². The molecule has 0 saturated heterocycles. The molecule has 6 nitrogen and oxygen atoms in total. The van der Waals surface area contributed by atoms with Gasteiger partial charge in [-0.1, -0.05) is 42.5 Å². The van der Waals surface area contributed by atoms with Gasteiger partial charge in [0.25, 0.3) is 0 Å². The van der Waals surface area contributed by atoms with E-state index < -0.39 is 23.3 Å². The Kier molecular flexibility index (Phi) is 3.90. The second-order valence-corrected chi connectivity index (χ2v) is 8.49. The number of benzene rings is 4. The van der Waals surface area contributed by atoms with Crippen LogP contribution < -0.4 is 0 Å². The highest BCUT2D eigenvalue weighted by Gasteiger charge is 2.52. The number of fused-ring (bicyclic) bond motifs is 10. The van der Waals surface area contributed by atoms with Crippen LogP contribution in [0.15, 0.2) is 78.9 Å². The lowest BCUT2D eigenvalue weighted by atomic mass is 9.70. The van der Waals surface area contributed by atoms with Crippen molar-refractivity contribution in [2.24, 2.45) is 0 Å². The van der Waals surface area contributed by atoms with Crippen LogP contribution in [0.25, 0.3) is 22.3 Å². The molecule has 3 N–H and O–H groups in total. The number of hydrogen-bond acceptors (Lipinski definition) is 3. The first-order valence-electron chi connectivity index (χ1n) is 10.6. The minimum atomic E-state index is -1.08. The summed E-state index contributed by atoms with van der Waals surface area (Å²) in [5.41, 5.74) is 5.52. The molecule has 0 heterocycles. The molecule has 6 rings (SSSR count). The summed E-state index contributed by atoms with van der Waals surface area (Å²) in [7, 11) is 0. The van der Waals surface area contributed by atoms with Gasteiger partial charge in [-0.25, -0.2) is 14.4 Å². The van der Waals surface area contributed by atoms with Gasteiger partial charge in [0.05, 0.1) is 22.1 Å². The average Bonchev–Trinajstić information content (AvgIpc) is 3.29. The van der Waals surface area contributed by atoms with E-state index in [4.69, 9.17) is 0 Å². The van der Waals surface area contributed by atoms with E-state index in [1.54, 1.807) is 42.5 Å². The molecule has 2 aliphatic carbocycles. The van der Waals surface area contributed by atoms with Crippen LogP contribution in [0.1, 0.15) is 53.3 Å². The fourth-order valence-corrected chi connectivity index (χ4v) is 5.58. The lowest BCUT2D eigenvalue weighted by molar-refractivity contribution is 0.0686. The zero-order valence-electron chi connectivity index (χ0n) is 17.6. The highest BCUT2D eigenvalue weighted by Crippen LogP contribution is 2.63. The fourth-order valence-electron chi connectivity index (χ4n) is 5.58. The molecular weight excluding hydrogens is 432 g/mol. The third kappa shape index (κ3) is 2.37. The van der Waals surface area contributed by atoms with E-state index in [2.05, 4.69) is 0 Å². The van der Waals surface area contributed by atoms with Gasteiger partial charge in [-0.2, -0.15) is 0 Å². The molecule has 1 spiro atoms. The summed E-state index contributed by atoms with van der Waals surface area (Å²) in [5, 5.41) is 29.2. The van der Waals surface area contributed by atoms with Crippen molar-refractivity contribution < 1.29 is 29.7 Å². The summed E-state index contributed by atoms with van der Waals surface area (Å²) in [4.78, 5) is 35.7. The molecule has 34 heavy (non-hydrogen) atoms. The van der Waals surface area contributed by atoms with E-state index in [9.17, 15) is 29.7 Å². The Hall–Kier alpha value is -4.71. The van der Waals surface area contributed by atoms with Crippen LogP contribution in [0.5, 0.6) is 0 Å². The lowest BCUT2D eigenvalue weighted by Gasteiger charge is -2.31. The van der Waals surface area contributed by atoms with Gasteiger partial charge in [0.15, 0.2) is 0 Å². The largest absolute Gasteiger partial charge is 0.478 e.